The van der Waals surface area contributed by atoms with Gasteiger partial charge in [0.15, 0.2) is 6.29 Å². The molecule has 0 aromatic rings. The fourth-order valence-electron chi connectivity index (χ4n) is 0.563. The average molecular weight is 174 g/mol. The van der Waals surface area contributed by atoms with E-state index in [0.717, 1.165) is 0 Å². The van der Waals surface area contributed by atoms with Crippen LogP contribution in [-0.4, -0.2) is 30.6 Å². The third-order valence-electron chi connectivity index (χ3n) is 1.20. The topological polar surface area (TPSA) is 55.8 Å². The zero-order valence-electron chi connectivity index (χ0n) is 7.37. The van der Waals surface area contributed by atoms with Crippen LogP contribution in [0.5, 0.6) is 0 Å². The molecule has 0 aromatic heterocycles. The van der Waals surface area contributed by atoms with Gasteiger partial charge in [-0.1, -0.05) is 6.58 Å². The molecule has 12 heavy (non-hydrogen) atoms. The highest BCUT2D eigenvalue weighted by Gasteiger charge is 2.06. The first-order valence-corrected chi connectivity index (χ1v) is 3.72. The highest BCUT2D eigenvalue weighted by Crippen LogP contribution is 1.97. The molecular weight excluding hydrogens is 160 g/mol. The molecule has 0 bridgehead atoms. The van der Waals surface area contributed by atoms with E-state index in [9.17, 15) is 4.79 Å². The SMILES string of the molecule is C=C(COC(C)OCC)C(=O)O. The zero-order valence-corrected chi connectivity index (χ0v) is 7.37. The maximum absolute atomic E-state index is 10.2. The largest absolute Gasteiger partial charge is 0.478 e. The summed E-state index contributed by atoms with van der Waals surface area (Å²) in [7, 11) is 0. The van der Waals surface area contributed by atoms with Gasteiger partial charge in [0, 0.05) is 6.61 Å². The summed E-state index contributed by atoms with van der Waals surface area (Å²) in [6.07, 6.45) is -0.383. The third kappa shape index (κ3) is 4.87. The molecule has 0 heterocycles. The molecule has 0 rings (SSSR count). The number of aliphatic carboxylic acids is 1. The van der Waals surface area contributed by atoms with E-state index in [1.165, 1.54) is 0 Å². The summed E-state index contributed by atoms with van der Waals surface area (Å²) in [6, 6.07) is 0. The van der Waals surface area contributed by atoms with Crippen LogP contribution in [0.4, 0.5) is 0 Å². The molecule has 0 radical (unpaired) electrons. The molecule has 0 saturated carbocycles. The molecule has 4 heteroatoms. The van der Waals surface area contributed by atoms with Gasteiger partial charge < -0.3 is 14.6 Å². The number of carboxylic acid groups (broad SMARTS) is 1. The fraction of sp³-hybridized carbons (Fsp3) is 0.625. The molecule has 0 aromatic carbocycles. The van der Waals surface area contributed by atoms with Gasteiger partial charge in [-0.3, -0.25) is 0 Å². The Balaban J connectivity index is 3.54. The first kappa shape index (κ1) is 11.1. The number of rotatable bonds is 6. The Morgan fingerprint density at radius 2 is 2.17 bits per heavy atom. The van der Waals surface area contributed by atoms with E-state index < -0.39 is 5.97 Å². The lowest BCUT2D eigenvalue weighted by Gasteiger charge is -2.12. The monoisotopic (exact) mass is 174 g/mol. The van der Waals surface area contributed by atoms with Gasteiger partial charge in [0.1, 0.15) is 0 Å². The second kappa shape index (κ2) is 5.74. The predicted molar refractivity (Wildman–Crippen MR) is 43.8 cm³/mol. The lowest BCUT2D eigenvalue weighted by atomic mass is 10.3. The average Bonchev–Trinajstić information content (AvgIpc) is 2.00. The molecule has 0 aliphatic rings. The minimum absolute atomic E-state index is 0.00347. The Hall–Kier alpha value is -0.870. The Kier molecular flexibility index (Phi) is 5.32. The molecular formula is C8H14O4. The molecule has 0 amide bonds. The van der Waals surface area contributed by atoms with Gasteiger partial charge in [-0.15, -0.1) is 0 Å². The molecule has 0 spiro atoms. The molecule has 0 aliphatic carbocycles. The second-order valence-corrected chi connectivity index (χ2v) is 2.24. The van der Waals surface area contributed by atoms with Crippen LogP contribution in [0.25, 0.3) is 0 Å². The standard InChI is InChI=1S/C8H14O4/c1-4-11-7(3)12-5-6(2)8(9)10/h7H,2,4-5H2,1,3H3,(H,9,10). The Morgan fingerprint density at radius 1 is 1.58 bits per heavy atom. The van der Waals surface area contributed by atoms with Crippen molar-refractivity contribution >= 4 is 5.97 Å². The highest BCUT2D eigenvalue weighted by atomic mass is 16.7. The van der Waals surface area contributed by atoms with E-state index in [2.05, 4.69) is 6.58 Å². The van der Waals surface area contributed by atoms with E-state index in [0.29, 0.717) is 6.61 Å². The van der Waals surface area contributed by atoms with Crippen LogP contribution >= 0.6 is 0 Å². The molecule has 0 saturated heterocycles. The number of hydrogen-bond donors (Lipinski definition) is 1. The maximum atomic E-state index is 10.2. The second-order valence-electron chi connectivity index (χ2n) is 2.24. The smallest absolute Gasteiger partial charge is 0.333 e. The Morgan fingerprint density at radius 3 is 2.58 bits per heavy atom. The number of carbonyl (C=O) groups is 1. The minimum Gasteiger partial charge on any atom is -0.478 e. The van der Waals surface area contributed by atoms with Crippen LogP contribution < -0.4 is 0 Å². The maximum Gasteiger partial charge on any atom is 0.333 e. The summed E-state index contributed by atoms with van der Waals surface area (Å²) >= 11 is 0. The normalized spacial score (nSPS) is 12.5. The summed E-state index contributed by atoms with van der Waals surface area (Å²) in [5.41, 5.74) is 0.0292. The molecule has 0 aliphatic heterocycles. The van der Waals surface area contributed by atoms with Crippen molar-refractivity contribution in [2.75, 3.05) is 13.2 Å². The van der Waals surface area contributed by atoms with Crippen molar-refractivity contribution < 1.29 is 19.4 Å². The van der Waals surface area contributed by atoms with Gasteiger partial charge in [-0.05, 0) is 13.8 Å². The number of ether oxygens (including phenoxy) is 2. The molecule has 70 valence electrons. The summed E-state index contributed by atoms with van der Waals surface area (Å²) in [6.45, 7) is 7.39. The number of hydrogen-bond acceptors (Lipinski definition) is 3. The van der Waals surface area contributed by atoms with Gasteiger partial charge in [-0.25, -0.2) is 4.79 Å². The van der Waals surface area contributed by atoms with Crippen molar-refractivity contribution in [1.82, 2.24) is 0 Å². The lowest BCUT2D eigenvalue weighted by molar-refractivity contribution is -0.138. The van der Waals surface area contributed by atoms with Gasteiger partial charge in [0.25, 0.3) is 0 Å². The van der Waals surface area contributed by atoms with Crippen molar-refractivity contribution in [2.45, 2.75) is 20.1 Å². The van der Waals surface area contributed by atoms with E-state index in [-0.39, 0.29) is 18.5 Å². The first-order valence-electron chi connectivity index (χ1n) is 3.72. The van der Waals surface area contributed by atoms with Crippen molar-refractivity contribution in [3.63, 3.8) is 0 Å². The van der Waals surface area contributed by atoms with Crippen LogP contribution in [0.1, 0.15) is 13.8 Å². The van der Waals surface area contributed by atoms with Gasteiger partial charge in [0.2, 0.25) is 0 Å². The summed E-state index contributed by atoms with van der Waals surface area (Å²) < 4.78 is 10.0. The predicted octanol–water partition coefficient (Wildman–Crippen LogP) is 1.03. The van der Waals surface area contributed by atoms with E-state index >= 15 is 0 Å². The third-order valence-corrected chi connectivity index (χ3v) is 1.20. The quantitative estimate of drug-likeness (QED) is 0.482. The van der Waals surface area contributed by atoms with Gasteiger partial charge in [0.05, 0.1) is 12.2 Å². The fourth-order valence-corrected chi connectivity index (χ4v) is 0.563. The lowest BCUT2D eigenvalue weighted by Crippen LogP contribution is -2.16. The van der Waals surface area contributed by atoms with Crippen molar-refractivity contribution in [2.24, 2.45) is 0 Å². The van der Waals surface area contributed by atoms with Crippen molar-refractivity contribution in [3.8, 4) is 0 Å². The van der Waals surface area contributed by atoms with Crippen LogP contribution in [0, 0.1) is 0 Å². The summed E-state index contributed by atoms with van der Waals surface area (Å²) in [5.74, 6) is -1.04. The molecule has 0 fully saturated rings. The van der Waals surface area contributed by atoms with E-state index in [4.69, 9.17) is 14.6 Å². The van der Waals surface area contributed by atoms with E-state index in [1.807, 2.05) is 6.92 Å². The number of carboxylic acids is 1. The summed E-state index contributed by atoms with van der Waals surface area (Å²) in [5, 5.41) is 8.40. The first-order chi connectivity index (χ1) is 5.57. The Labute approximate surface area is 71.8 Å². The van der Waals surface area contributed by atoms with E-state index in [1.54, 1.807) is 6.92 Å². The molecule has 4 nitrogen and oxygen atoms in total. The van der Waals surface area contributed by atoms with Crippen molar-refractivity contribution in [3.05, 3.63) is 12.2 Å². The van der Waals surface area contributed by atoms with Crippen LogP contribution in [-0.2, 0) is 14.3 Å². The molecule has 1 atom stereocenters. The van der Waals surface area contributed by atoms with Gasteiger partial charge >= 0.3 is 5.97 Å². The zero-order chi connectivity index (χ0) is 9.56. The van der Waals surface area contributed by atoms with Crippen LogP contribution in [0.2, 0.25) is 0 Å². The summed E-state index contributed by atoms with van der Waals surface area (Å²) in [4.78, 5) is 10.2. The Bertz CT molecular complexity index is 164. The molecule has 1 N–H and O–H groups in total. The van der Waals surface area contributed by atoms with Crippen LogP contribution in [0.3, 0.4) is 0 Å². The van der Waals surface area contributed by atoms with Crippen molar-refractivity contribution in [1.29, 1.82) is 0 Å². The minimum atomic E-state index is -1.04. The molecule has 1 unspecified atom stereocenters. The van der Waals surface area contributed by atoms with Crippen LogP contribution in [0.15, 0.2) is 12.2 Å². The van der Waals surface area contributed by atoms with Gasteiger partial charge in [-0.2, -0.15) is 0 Å². The highest BCUT2D eigenvalue weighted by molar-refractivity contribution is 5.85.